The molecular weight excluding hydrogens is 236 g/mol. The Morgan fingerprint density at radius 3 is 2.89 bits per heavy atom. The van der Waals surface area contributed by atoms with E-state index in [1.54, 1.807) is 6.92 Å². The van der Waals surface area contributed by atoms with Crippen LogP contribution in [0.25, 0.3) is 0 Å². The van der Waals surface area contributed by atoms with Crippen molar-refractivity contribution in [3.8, 4) is 0 Å². The predicted molar refractivity (Wildman–Crippen MR) is 59.4 cm³/mol. The molecule has 5 atom stereocenters. The first-order chi connectivity index (χ1) is 8.60. The topological polar surface area (TPSA) is 69.7 Å². The smallest absolute Gasteiger partial charge is 0.313 e. The lowest BCUT2D eigenvalue weighted by atomic mass is 9.88. The first kappa shape index (κ1) is 11.7. The molecule has 5 nitrogen and oxygen atoms in total. The first-order valence-electron chi connectivity index (χ1n) is 6.51. The molecule has 0 radical (unpaired) electrons. The molecule has 3 rings (SSSR count). The summed E-state index contributed by atoms with van der Waals surface area (Å²) >= 11 is 0. The normalized spacial score (nSPS) is 39.8. The second kappa shape index (κ2) is 4.07. The Labute approximate surface area is 105 Å². The Balaban J connectivity index is 1.63. The van der Waals surface area contributed by atoms with Crippen molar-refractivity contribution in [2.75, 3.05) is 0 Å². The molecule has 1 saturated heterocycles. The van der Waals surface area contributed by atoms with Gasteiger partial charge in [-0.2, -0.15) is 0 Å². The number of hydrogen-bond donors (Lipinski definition) is 0. The highest BCUT2D eigenvalue weighted by Gasteiger charge is 2.63. The molecule has 1 aliphatic heterocycles. The number of ether oxygens (including phenoxy) is 2. The van der Waals surface area contributed by atoms with Gasteiger partial charge >= 0.3 is 11.9 Å². The summed E-state index contributed by atoms with van der Waals surface area (Å²) in [6.45, 7) is 1.72. The van der Waals surface area contributed by atoms with Gasteiger partial charge < -0.3 is 9.47 Å². The van der Waals surface area contributed by atoms with Crippen LogP contribution in [0.5, 0.6) is 0 Å². The Hall–Kier alpha value is -1.39. The molecule has 3 fully saturated rings. The molecule has 3 aliphatic rings. The summed E-state index contributed by atoms with van der Waals surface area (Å²) < 4.78 is 10.6. The molecular formula is C13H16O5. The minimum Gasteiger partial charge on any atom is -0.458 e. The van der Waals surface area contributed by atoms with Crippen LogP contribution < -0.4 is 0 Å². The fourth-order valence-corrected chi connectivity index (χ4v) is 3.54. The molecule has 0 aromatic rings. The molecule has 1 heterocycles. The average Bonchev–Trinajstić information content (AvgIpc) is 2.93. The van der Waals surface area contributed by atoms with Crippen LogP contribution >= 0.6 is 0 Å². The summed E-state index contributed by atoms with van der Waals surface area (Å²) in [6, 6.07) is 0. The van der Waals surface area contributed by atoms with E-state index < -0.39 is 5.97 Å². The number of carbonyl (C=O) groups excluding carboxylic acids is 3. The lowest BCUT2D eigenvalue weighted by Crippen LogP contribution is -2.36. The van der Waals surface area contributed by atoms with Crippen molar-refractivity contribution in [3.63, 3.8) is 0 Å². The van der Waals surface area contributed by atoms with Gasteiger partial charge in [0.2, 0.25) is 0 Å². The van der Waals surface area contributed by atoms with Crippen molar-refractivity contribution in [2.24, 2.45) is 17.8 Å². The lowest BCUT2D eigenvalue weighted by molar-refractivity contribution is -0.162. The summed E-state index contributed by atoms with van der Waals surface area (Å²) in [5.41, 5.74) is 0. The molecule has 0 spiro atoms. The average molecular weight is 252 g/mol. The SMILES string of the molecule is CCC(=O)CC(=O)OC1C2CC3C(=O)OC1C3C2. The molecule has 98 valence electrons. The number of fused-ring (bicyclic) bond motifs is 1. The number of ketones is 1. The molecule has 18 heavy (non-hydrogen) atoms. The van der Waals surface area contributed by atoms with Crippen molar-refractivity contribution in [3.05, 3.63) is 0 Å². The quantitative estimate of drug-likeness (QED) is 0.548. The maximum absolute atomic E-state index is 11.6. The van der Waals surface area contributed by atoms with Crippen LogP contribution in [0.2, 0.25) is 0 Å². The van der Waals surface area contributed by atoms with E-state index in [4.69, 9.17) is 9.47 Å². The fourth-order valence-electron chi connectivity index (χ4n) is 3.54. The van der Waals surface area contributed by atoms with E-state index in [9.17, 15) is 14.4 Å². The van der Waals surface area contributed by atoms with Crippen LogP contribution in [-0.2, 0) is 23.9 Å². The van der Waals surface area contributed by atoms with Gasteiger partial charge in [0.25, 0.3) is 0 Å². The Bertz CT molecular complexity index is 416. The molecule has 5 heteroatoms. The lowest BCUT2D eigenvalue weighted by Gasteiger charge is -2.25. The van der Waals surface area contributed by atoms with E-state index in [2.05, 4.69) is 0 Å². The highest BCUT2D eigenvalue weighted by molar-refractivity contribution is 5.95. The Morgan fingerprint density at radius 1 is 1.39 bits per heavy atom. The molecule has 0 amide bonds. The molecule has 0 N–H and O–H groups in total. The first-order valence-corrected chi connectivity index (χ1v) is 6.51. The molecule has 0 aromatic heterocycles. The third-order valence-electron chi connectivity index (χ3n) is 4.42. The largest absolute Gasteiger partial charge is 0.458 e. The molecule has 2 bridgehead atoms. The van der Waals surface area contributed by atoms with E-state index >= 15 is 0 Å². The zero-order valence-electron chi connectivity index (χ0n) is 10.3. The zero-order chi connectivity index (χ0) is 12.9. The maximum Gasteiger partial charge on any atom is 0.313 e. The van der Waals surface area contributed by atoms with Crippen LogP contribution in [0, 0.1) is 17.8 Å². The maximum atomic E-state index is 11.6. The summed E-state index contributed by atoms with van der Waals surface area (Å²) in [5.74, 6) is -0.273. The number of hydrogen-bond acceptors (Lipinski definition) is 5. The Kier molecular flexibility index (Phi) is 2.64. The van der Waals surface area contributed by atoms with Gasteiger partial charge in [0.15, 0.2) is 0 Å². The van der Waals surface area contributed by atoms with Gasteiger partial charge in [-0.3, -0.25) is 14.4 Å². The predicted octanol–water partition coefficient (Wildman–Crippen LogP) is 0.849. The van der Waals surface area contributed by atoms with Gasteiger partial charge in [0, 0.05) is 18.3 Å². The molecule has 2 saturated carbocycles. The molecule has 5 unspecified atom stereocenters. The number of esters is 2. The van der Waals surface area contributed by atoms with Gasteiger partial charge in [0.05, 0.1) is 5.92 Å². The second-order valence-corrected chi connectivity index (χ2v) is 5.43. The minimum atomic E-state index is -0.487. The number of Topliss-reactive ketones (excluding diaryl/α,β-unsaturated/α-hetero) is 1. The van der Waals surface area contributed by atoms with Crippen LogP contribution in [0.4, 0.5) is 0 Å². The van der Waals surface area contributed by atoms with Gasteiger partial charge in [-0.1, -0.05) is 6.92 Å². The summed E-state index contributed by atoms with van der Waals surface area (Å²) in [5, 5.41) is 0. The fraction of sp³-hybridized carbons (Fsp3) is 0.769. The molecule has 0 aromatic carbocycles. The number of rotatable bonds is 4. The summed E-state index contributed by atoms with van der Waals surface area (Å²) in [6.07, 6.45) is 1.25. The third-order valence-corrected chi connectivity index (χ3v) is 4.42. The van der Waals surface area contributed by atoms with Gasteiger partial charge in [-0.25, -0.2) is 0 Å². The van der Waals surface area contributed by atoms with E-state index in [0.29, 0.717) is 6.42 Å². The van der Waals surface area contributed by atoms with E-state index in [-0.39, 0.29) is 48.1 Å². The van der Waals surface area contributed by atoms with E-state index in [1.165, 1.54) is 0 Å². The highest BCUT2D eigenvalue weighted by atomic mass is 16.6. The molecule has 2 aliphatic carbocycles. The van der Waals surface area contributed by atoms with Gasteiger partial charge in [-0.05, 0) is 12.8 Å². The zero-order valence-corrected chi connectivity index (χ0v) is 10.3. The third kappa shape index (κ3) is 1.64. The van der Waals surface area contributed by atoms with E-state index in [1.807, 2.05) is 0 Å². The van der Waals surface area contributed by atoms with Crippen molar-refractivity contribution < 1.29 is 23.9 Å². The van der Waals surface area contributed by atoms with Crippen LogP contribution in [0.1, 0.15) is 32.6 Å². The van der Waals surface area contributed by atoms with Crippen molar-refractivity contribution >= 4 is 17.7 Å². The Morgan fingerprint density at radius 2 is 2.17 bits per heavy atom. The van der Waals surface area contributed by atoms with Gasteiger partial charge in [-0.15, -0.1) is 0 Å². The summed E-state index contributed by atoms with van der Waals surface area (Å²) in [7, 11) is 0. The van der Waals surface area contributed by atoms with Crippen molar-refractivity contribution in [1.29, 1.82) is 0 Å². The standard InChI is InChI=1S/C13H16O5/c1-2-7(14)5-10(15)17-11-6-3-8-9(4-6)13(16)18-12(8)11/h6,8-9,11-12H,2-5H2,1H3. The monoisotopic (exact) mass is 252 g/mol. The van der Waals surface area contributed by atoms with Crippen molar-refractivity contribution in [1.82, 2.24) is 0 Å². The van der Waals surface area contributed by atoms with Crippen LogP contribution in [0.3, 0.4) is 0 Å². The van der Waals surface area contributed by atoms with E-state index in [0.717, 1.165) is 12.8 Å². The van der Waals surface area contributed by atoms with Crippen LogP contribution in [-0.4, -0.2) is 29.9 Å². The summed E-state index contributed by atoms with van der Waals surface area (Å²) in [4.78, 5) is 34.3. The minimum absolute atomic E-state index is 0.0206. The van der Waals surface area contributed by atoms with Crippen molar-refractivity contribution in [2.45, 2.75) is 44.8 Å². The highest BCUT2D eigenvalue weighted by Crippen LogP contribution is 2.55. The van der Waals surface area contributed by atoms with Crippen LogP contribution in [0.15, 0.2) is 0 Å². The second-order valence-electron chi connectivity index (χ2n) is 5.43. The number of carbonyl (C=O) groups is 3. The van der Waals surface area contributed by atoms with Gasteiger partial charge in [0.1, 0.15) is 24.4 Å².